The van der Waals surface area contributed by atoms with Crippen LogP contribution in [0.3, 0.4) is 0 Å². The highest BCUT2D eigenvalue weighted by molar-refractivity contribution is 5.81. The Bertz CT molecular complexity index is 458. The van der Waals surface area contributed by atoms with Crippen molar-refractivity contribution in [2.24, 2.45) is 10.8 Å². The molecule has 1 rings (SSSR count). The Morgan fingerprint density at radius 2 is 2.09 bits per heavy atom. The Hall–Kier alpha value is -1.67. The molecule has 0 amide bonds. The maximum atomic E-state index is 11.6. The third-order valence-electron chi connectivity index (χ3n) is 3.40. The summed E-state index contributed by atoms with van der Waals surface area (Å²) < 4.78 is 0. The van der Waals surface area contributed by atoms with Crippen LogP contribution in [0.15, 0.2) is 16.4 Å². The molecule has 22 heavy (non-hydrogen) atoms. The first-order valence-corrected chi connectivity index (χ1v) is 7.73. The van der Waals surface area contributed by atoms with E-state index in [1.54, 1.807) is 4.90 Å². The fourth-order valence-corrected chi connectivity index (χ4v) is 2.38. The van der Waals surface area contributed by atoms with Gasteiger partial charge in [0.1, 0.15) is 5.70 Å². The second-order valence-corrected chi connectivity index (χ2v) is 5.98. The molecule has 3 N–H and O–H groups in total. The lowest BCUT2D eigenvalue weighted by Gasteiger charge is -2.35. The van der Waals surface area contributed by atoms with Crippen LogP contribution in [0.5, 0.6) is 0 Å². The van der Waals surface area contributed by atoms with E-state index in [0.717, 1.165) is 19.3 Å². The lowest BCUT2D eigenvalue weighted by molar-refractivity contribution is -0.435. The van der Waals surface area contributed by atoms with Crippen LogP contribution in [0, 0.1) is 10.1 Å². The van der Waals surface area contributed by atoms with Crippen molar-refractivity contribution in [2.75, 3.05) is 14.1 Å². The van der Waals surface area contributed by atoms with E-state index in [0.29, 0.717) is 18.1 Å². The van der Waals surface area contributed by atoms with Gasteiger partial charge in [0.15, 0.2) is 6.17 Å². The van der Waals surface area contributed by atoms with Crippen molar-refractivity contribution in [3.05, 3.63) is 21.5 Å². The second-order valence-electron chi connectivity index (χ2n) is 5.98. The molecule has 0 aliphatic carbocycles. The molecule has 1 aliphatic rings. The molecule has 8 heteroatoms. The number of hydrazine groups is 1. The van der Waals surface area contributed by atoms with Gasteiger partial charge in [0.05, 0.1) is 4.92 Å². The molecular formula is C14H28N6O2. The van der Waals surface area contributed by atoms with Crippen LogP contribution in [0.2, 0.25) is 0 Å². The monoisotopic (exact) mass is 312 g/mol. The van der Waals surface area contributed by atoms with E-state index < -0.39 is 6.17 Å². The van der Waals surface area contributed by atoms with Crippen LogP contribution in [-0.2, 0) is 0 Å². The lowest BCUT2D eigenvalue weighted by Crippen LogP contribution is -2.61. The van der Waals surface area contributed by atoms with Crippen LogP contribution < -0.4 is 11.2 Å². The van der Waals surface area contributed by atoms with E-state index >= 15 is 0 Å². The summed E-state index contributed by atoms with van der Waals surface area (Å²) in [5.41, 5.74) is 0.569. The van der Waals surface area contributed by atoms with E-state index in [4.69, 9.17) is 5.84 Å². The molecule has 0 spiro atoms. The number of hydrogen-bond acceptors (Lipinski definition) is 7. The smallest absolute Gasteiger partial charge is 0.305 e. The highest BCUT2D eigenvalue weighted by Gasteiger charge is 2.39. The van der Waals surface area contributed by atoms with Gasteiger partial charge in [-0.25, -0.2) is 10.8 Å². The van der Waals surface area contributed by atoms with Crippen LogP contribution in [0.25, 0.3) is 0 Å². The summed E-state index contributed by atoms with van der Waals surface area (Å²) in [6.45, 7) is 5.97. The topological polar surface area (TPSA) is 100 Å². The predicted molar refractivity (Wildman–Crippen MR) is 87.4 cm³/mol. The summed E-state index contributed by atoms with van der Waals surface area (Å²) in [4.78, 5) is 17.4. The Morgan fingerprint density at radius 3 is 2.55 bits per heavy atom. The zero-order chi connectivity index (χ0) is 16.9. The molecule has 0 bridgehead atoms. The van der Waals surface area contributed by atoms with Gasteiger partial charge in [-0.2, -0.15) is 0 Å². The van der Waals surface area contributed by atoms with Gasteiger partial charge in [-0.1, -0.05) is 19.8 Å². The van der Waals surface area contributed by atoms with E-state index in [9.17, 15) is 10.1 Å². The van der Waals surface area contributed by atoms with Crippen LogP contribution in [0.4, 0.5) is 0 Å². The number of unbranched alkanes of at least 4 members (excludes halogenated alkanes) is 2. The molecule has 8 nitrogen and oxygen atoms in total. The molecule has 0 aromatic rings. The Kier molecular flexibility index (Phi) is 6.76. The summed E-state index contributed by atoms with van der Waals surface area (Å²) in [6, 6.07) is 0.0596. The van der Waals surface area contributed by atoms with Gasteiger partial charge < -0.3 is 4.90 Å². The second kappa shape index (κ2) is 8.09. The molecule has 126 valence electrons. The molecule has 0 radical (unpaired) electrons. The van der Waals surface area contributed by atoms with Gasteiger partial charge in [0.25, 0.3) is 0 Å². The lowest BCUT2D eigenvalue weighted by atomic mass is 10.1. The molecule has 1 aliphatic heterocycles. The van der Waals surface area contributed by atoms with Crippen LogP contribution in [-0.4, -0.2) is 47.1 Å². The summed E-state index contributed by atoms with van der Waals surface area (Å²) in [5.74, 6) is 6.60. The Labute approximate surface area is 132 Å². The third-order valence-corrected chi connectivity index (χ3v) is 3.40. The molecule has 0 saturated heterocycles. The average Bonchev–Trinajstić information content (AvgIpc) is 2.40. The predicted octanol–water partition coefficient (Wildman–Crippen LogP) is 1.49. The number of hydrogen-bond donors (Lipinski definition) is 2. The normalized spacial score (nSPS) is 18.8. The van der Waals surface area contributed by atoms with Crippen molar-refractivity contribution in [1.82, 2.24) is 15.2 Å². The third kappa shape index (κ3) is 4.41. The van der Waals surface area contributed by atoms with Crippen LogP contribution >= 0.6 is 0 Å². The van der Waals surface area contributed by atoms with E-state index in [1.807, 2.05) is 27.9 Å². The van der Waals surface area contributed by atoms with Gasteiger partial charge in [-0.05, 0) is 26.7 Å². The summed E-state index contributed by atoms with van der Waals surface area (Å²) in [5, 5.41) is 16.1. The number of nitrogens with two attached hydrogens (primary N) is 1. The van der Waals surface area contributed by atoms with Crippen molar-refractivity contribution in [3.8, 4) is 0 Å². The van der Waals surface area contributed by atoms with Crippen molar-refractivity contribution in [2.45, 2.75) is 58.7 Å². The zero-order valence-corrected chi connectivity index (χ0v) is 14.2. The standard InChI is InChI=1S/C14H28N6O2/c1-6-7-8-9-11-12(20(21)22)13(16-10(2)3)19(15)14(17-11)18(4)5/h10,13,16H,6-9,15H2,1-5H3. The first-order chi connectivity index (χ1) is 10.3. The van der Waals surface area contributed by atoms with Gasteiger partial charge in [-0.15, -0.1) is 0 Å². The zero-order valence-electron chi connectivity index (χ0n) is 14.2. The molecule has 0 fully saturated rings. The highest BCUT2D eigenvalue weighted by atomic mass is 16.6. The highest BCUT2D eigenvalue weighted by Crippen LogP contribution is 2.25. The first kappa shape index (κ1) is 18.4. The van der Waals surface area contributed by atoms with Crippen LogP contribution in [0.1, 0.15) is 46.5 Å². The van der Waals surface area contributed by atoms with Crippen molar-refractivity contribution in [3.63, 3.8) is 0 Å². The summed E-state index contributed by atoms with van der Waals surface area (Å²) in [6.07, 6.45) is 2.87. The molecule has 1 atom stereocenters. The van der Waals surface area contributed by atoms with Gasteiger partial charge in [0, 0.05) is 20.1 Å². The Balaban J connectivity index is 3.23. The minimum Gasteiger partial charge on any atom is -0.348 e. The van der Waals surface area contributed by atoms with E-state index in [2.05, 4.69) is 17.2 Å². The summed E-state index contributed by atoms with van der Waals surface area (Å²) >= 11 is 0. The molecule has 1 heterocycles. The Morgan fingerprint density at radius 1 is 1.45 bits per heavy atom. The van der Waals surface area contributed by atoms with Crippen molar-refractivity contribution < 1.29 is 4.92 Å². The first-order valence-electron chi connectivity index (χ1n) is 7.73. The minimum atomic E-state index is -0.679. The molecule has 0 saturated carbocycles. The average molecular weight is 312 g/mol. The molecule has 0 aromatic heterocycles. The van der Waals surface area contributed by atoms with Crippen molar-refractivity contribution in [1.29, 1.82) is 0 Å². The van der Waals surface area contributed by atoms with Gasteiger partial charge in [-0.3, -0.25) is 20.4 Å². The fourth-order valence-electron chi connectivity index (χ4n) is 2.38. The number of allylic oxidation sites excluding steroid dienone is 1. The SMILES string of the molecule is CCCCCC1=C([N+](=O)[O-])C(NC(C)C)N(N)C(N(C)C)=N1. The van der Waals surface area contributed by atoms with E-state index in [1.165, 1.54) is 5.01 Å². The van der Waals surface area contributed by atoms with E-state index in [-0.39, 0.29) is 16.7 Å². The fraction of sp³-hybridized carbons (Fsp3) is 0.786. The number of nitro groups is 1. The maximum Gasteiger partial charge on any atom is 0.305 e. The molecule has 1 unspecified atom stereocenters. The number of nitrogens with zero attached hydrogens (tertiary/aromatic N) is 4. The van der Waals surface area contributed by atoms with Gasteiger partial charge >= 0.3 is 5.70 Å². The summed E-state index contributed by atoms with van der Waals surface area (Å²) in [7, 11) is 3.65. The largest absolute Gasteiger partial charge is 0.348 e. The number of aliphatic imine (C=N–C) groups is 1. The molecular weight excluding hydrogens is 284 g/mol. The molecule has 0 aromatic carbocycles. The van der Waals surface area contributed by atoms with Gasteiger partial charge in [0.2, 0.25) is 5.96 Å². The van der Waals surface area contributed by atoms with Crippen molar-refractivity contribution >= 4 is 5.96 Å². The number of nitrogens with one attached hydrogen (secondary N) is 1. The number of guanidine groups is 1. The minimum absolute atomic E-state index is 0.0536. The quantitative estimate of drug-likeness (QED) is 0.320. The maximum absolute atomic E-state index is 11.6. The number of rotatable bonds is 7.